The third-order valence-corrected chi connectivity index (χ3v) is 4.96. The van der Waals surface area contributed by atoms with Crippen molar-refractivity contribution in [2.45, 2.75) is 0 Å². The molecule has 2 aromatic heterocycles. The highest BCUT2D eigenvalue weighted by Crippen LogP contribution is 2.26. The molecule has 5 rings (SSSR count). The number of para-hydroxylation sites is 4. The van der Waals surface area contributed by atoms with Gasteiger partial charge in [-0.15, -0.1) is 0 Å². The maximum atomic E-state index is 12.8. The van der Waals surface area contributed by atoms with Crippen LogP contribution < -0.4 is 10.9 Å². The zero-order valence-electron chi connectivity index (χ0n) is 15.2. The highest BCUT2D eigenvalue weighted by atomic mass is 32.1. The minimum atomic E-state index is -0.456. The van der Waals surface area contributed by atoms with Gasteiger partial charge in [-0.1, -0.05) is 48.5 Å². The fraction of sp³-hybridized carbons (Fsp3) is 0. The highest BCUT2D eigenvalue weighted by Gasteiger charge is 2.19. The summed E-state index contributed by atoms with van der Waals surface area (Å²) in [6, 6.07) is 26.5. The largest absolute Gasteiger partial charge is 0.422 e. The molecule has 1 N–H and O–H groups in total. The van der Waals surface area contributed by atoms with E-state index in [1.54, 1.807) is 16.7 Å². The molecule has 0 saturated carbocycles. The zero-order valence-corrected chi connectivity index (χ0v) is 16.0. The number of nitrogens with zero attached hydrogens (tertiary/aromatic N) is 2. The van der Waals surface area contributed by atoms with Crippen molar-refractivity contribution in [3.8, 4) is 11.4 Å². The molecule has 0 aliphatic heterocycles. The molecule has 5 aromatic rings. The van der Waals surface area contributed by atoms with Gasteiger partial charge in [-0.05, 0) is 48.6 Å². The van der Waals surface area contributed by atoms with E-state index in [9.17, 15) is 4.79 Å². The average molecular weight is 397 g/mol. The van der Waals surface area contributed by atoms with E-state index in [0.29, 0.717) is 22.1 Å². The first-order valence-electron chi connectivity index (χ1n) is 9.08. The Morgan fingerprint density at radius 2 is 1.66 bits per heavy atom. The minimum absolute atomic E-state index is 0.358. The van der Waals surface area contributed by atoms with Gasteiger partial charge in [0.25, 0.3) is 0 Å². The molecule has 0 bridgehead atoms. The van der Waals surface area contributed by atoms with E-state index >= 15 is 0 Å². The molecule has 0 unspecified atom stereocenters. The summed E-state index contributed by atoms with van der Waals surface area (Å²) in [5, 5.41) is 4.47. The summed E-state index contributed by atoms with van der Waals surface area (Å²) in [6.07, 6.45) is 0. The van der Waals surface area contributed by atoms with Crippen LogP contribution in [0.3, 0.4) is 0 Å². The highest BCUT2D eigenvalue weighted by molar-refractivity contribution is 7.80. The van der Waals surface area contributed by atoms with Crippen LogP contribution in [-0.4, -0.2) is 14.7 Å². The molecule has 0 atom stereocenters. The summed E-state index contributed by atoms with van der Waals surface area (Å²) in [7, 11) is 0. The summed E-state index contributed by atoms with van der Waals surface area (Å²) in [5.74, 6) is 0.444. The standard InChI is InChI=1S/C23H15N3O2S/c27-22-17(14-15-8-4-7-13-20(15)28-22)21-25-18-11-5-6-12-19(18)26(21)23(29)24-16-9-2-1-3-10-16/h1-14H,(H,24,29). The molecule has 0 aliphatic rings. The summed E-state index contributed by atoms with van der Waals surface area (Å²) in [5.41, 5.74) is 2.84. The number of hydrogen-bond acceptors (Lipinski definition) is 4. The fourth-order valence-electron chi connectivity index (χ4n) is 3.33. The monoisotopic (exact) mass is 397 g/mol. The van der Waals surface area contributed by atoms with Gasteiger partial charge in [-0.2, -0.15) is 0 Å². The van der Waals surface area contributed by atoms with Crippen LogP contribution in [0.1, 0.15) is 0 Å². The molecule has 0 aliphatic carbocycles. The third kappa shape index (κ3) is 3.09. The van der Waals surface area contributed by atoms with E-state index in [4.69, 9.17) is 16.6 Å². The van der Waals surface area contributed by atoms with Crippen LogP contribution in [0.25, 0.3) is 33.4 Å². The van der Waals surface area contributed by atoms with E-state index in [-0.39, 0.29) is 0 Å². The van der Waals surface area contributed by atoms with Crippen LogP contribution in [-0.2, 0) is 0 Å². The first kappa shape index (κ1) is 17.3. The second-order valence-corrected chi connectivity index (χ2v) is 6.93. The van der Waals surface area contributed by atoms with Crippen LogP contribution in [0.5, 0.6) is 0 Å². The van der Waals surface area contributed by atoms with Crippen molar-refractivity contribution in [3.63, 3.8) is 0 Å². The number of hydrogen-bond donors (Lipinski definition) is 1. The molecule has 140 valence electrons. The fourth-order valence-corrected chi connectivity index (χ4v) is 3.63. The lowest BCUT2D eigenvalue weighted by Crippen LogP contribution is -2.21. The van der Waals surface area contributed by atoms with Crippen molar-refractivity contribution >= 4 is 45.0 Å². The van der Waals surface area contributed by atoms with Gasteiger partial charge in [0, 0.05) is 11.1 Å². The van der Waals surface area contributed by atoms with E-state index in [2.05, 4.69) is 10.3 Å². The van der Waals surface area contributed by atoms with E-state index in [1.807, 2.05) is 72.8 Å². The lowest BCUT2D eigenvalue weighted by Gasteiger charge is -2.12. The Balaban J connectivity index is 1.72. The van der Waals surface area contributed by atoms with Gasteiger partial charge >= 0.3 is 5.63 Å². The predicted octanol–water partition coefficient (Wildman–Crippen LogP) is 5.05. The van der Waals surface area contributed by atoms with Crippen molar-refractivity contribution in [2.24, 2.45) is 0 Å². The molecule has 3 aromatic carbocycles. The molecule has 0 fully saturated rings. The minimum Gasteiger partial charge on any atom is -0.422 e. The second-order valence-electron chi connectivity index (χ2n) is 6.54. The molecule has 5 nitrogen and oxygen atoms in total. The number of nitrogens with one attached hydrogen (secondary N) is 1. The van der Waals surface area contributed by atoms with Gasteiger partial charge in [0.05, 0.1) is 11.0 Å². The zero-order chi connectivity index (χ0) is 19.8. The Morgan fingerprint density at radius 1 is 0.931 bits per heavy atom. The number of aromatic nitrogens is 2. The normalized spacial score (nSPS) is 11.0. The van der Waals surface area contributed by atoms with Gasteiger partial charge in [-0.25, -0.2) is 9.78 Å². The molecule has 0 spiro atoms. The van der Waals surface area contributed by atoms with E-state index in [1.165, 1.54) is 0 Å². The maximum Gasteiger partial charge on any atom is 0.347 e. The topological polar surface area (TPSA) is 60.1 Å². The summed E-state index contributed by atoms with van der Waals surface area (Å²) >= 11 is 5.69. The first-order chi connectivity index (χ1) is 14.2. The Morgan fingerprint density at radius 3 is 2.52 bits per heavy atom. The number of benzene rings is 3. The van der Waals surface area contributed by atoms with Crippen LogP contribution in [0.4, 0.5) is 5.69 Å². The lowest BCUT2D eigenvalue weighted by atomic mass is 10.2. The molecule has 0 saturated heterocycles. The van der Waals surface area contributed by atoms with Crippen molar-refractivity contribution in [1.29, 1.82) is 0 Å². The molecular weight excluding hydrogens is 382 g/mol. The lowest BCUT2D eigenvalue weighted by molar-refractivity contribution is 0.562. The quantitative estimate of drug-likeness (QED) is 0.333. The maximum absolute atomic E-state index is 12.8. The molecule has 0 amide bonds. The summed E-state index contributed by atoms with van der Waals surface area (Å²) < 4.78 is 7.30. The Hall–Kier alpha value is -3.77. The Labute approximate surface area is 171 Å². The number of anilines is 1. The second kappa shape index (κ2) is 7.00. The molecule has 6 heteroatoms. The number of rotatable bonds is 2. The van der Waals surface area contributed by atoms with Crippen LogP contribution in [0.2, 0.25) is 0 Å². The SMILES string of the molecule is O=c1oc2ccccc2cc1-c1nc2ccccc2n1C(=S)Nc1ccccc1. The third-order valence-electron chi connectivity index (χ3n) is 4.67. The van der Waals surface area contributed by atoms with Crippen molar-refractivity contribution in [2.75, 3.05) is 5.32 Å². The van der Waals surface area contributed by atoms with E-state index < -0.39 is 5.63 Å². The average Bonchev–Trinajstić information content (AvgIpc) is 3.13. The number of thiocarbonyl (C=S) groups is 1. The summed E-state index contributed by atoms with van der Waals surface area (Å²) in [6.45, 7) is 0. The van der Waals surface area contributed by atoms with Crippen molar-refractivity contribution in [3.05, 3.63) is 95.3 Å². The van der Waals surface area contributed by atoms with Gasteiger partial charge in [0.2, 0.25) is 0 Å². The predicted molar refractivity (Wildman–Crippen MR) is 119 cm³/mol. The van der Waals surface area contributed by atoms with Gasteiger partial charge in [-0.3, -0.25) is 4.57 Å². The molecule has 0 radical (unpaired) electrons. The van der Waals surface area contributed by atoms with Crippen molar-refractivity contribution in [1.82, 2.24) is 9.55 Å². The molecular formula is C23H15N3O2S. The molecule has 29 heavy (non-hydrogen) atoms. The van der Waals surface area contributed by atoms with Crippen LogP contribution in [0, 0.1) is 0 Å². The number of fused-ring (bicyclic) bond motifs is 2. The van der Waals surface area contributed by atoms with Gasteiger partial charge < -0.3 is 9.73 Å². The first-order valence-corrected chi connectivity index (χ1v) is 9.49. The van der Waals surface area contributed by atoms with Crippen LogP contribution >= 0.6 is 12.2 Å². The van der Waals surface area contributed by atoms with Crippen LogP contribution in [0.15, 0.2) is 94.1 Å². The van der Waals surface area contributed by atoms with Gasteiger partial charge in [0.15, 0.2) is 10.9 Å². The number of imidazole rings is 1. The Bertz CT molecular complexity index is 1420. The van der Waals surface area contributed by atoms with Gasteiger partial charge in [0.1, 0.15) is 11.1 Å². The Kier molecular flexibility index (Phi) is 4.18. The van der Waals surface area contributed by atoms with Crippen molar-refractivity contribution < 1.29 is 4.42 Å². The molecule has 2 heterocycles. The summed E-state index contributed by atoms with van der Waals surface area (Å²) in [4.78, 5) is 17.4. The van der Waals surface area contributed by atoms with E-state index in [0.717, 1.165) is 22.1 Å². The smallest absolute Gasteiger partial charge is 0.347 e.